The highest BCUT2D eigenvalue weighted by Crippen LogP contribution is 2.32. The molecule has 0 aliphatic heterocycles. The molecule has 82 valence electrons. The van der Waals surface area contributed by atoms with Crippen molar-refractivity contribution >= 4 is 5.69 Å². The lowest BCUT2D eigenvalue weighted by atomic mass is 10.1. The van der Waals surface area contributed by atoms with E-state index >= 15 is 0 Å². The van der Waals surface area contributed by atoms with Crippen LogP contribution in [-0.2, 0) is 0 Å². The van der Waals surface area contributed by atoms with E-state index in [4.69, 9.17) is 10.5 Å². The summed E-state index contributed by atoms with van der Waals surface area (Å²) in [6, 6.07) is 4.03. The molecule has 0 radical (unpaired) electrons. The predicted octanol–water partition coefficient (Wildman–Crippen LogP) is 3.06. The van der Waals surface area contributed by atoms with Gasteiger partial charge in [0.05, 0.1) is 6.61 Å². The van der Waals surface area contributed by atoms with E-state index in [2.05, 4.69) is 0 Å². The third-order valence-corrected chi connectivity index (χ3v) is 3.04. The van der Waals surface area contributed by atoms with Crippen LogP contribution in [0.3, 0.4) is 0 Å². The number of rotatable bonds is 4. The van der Waals surface area contributed by atoms with Crippen LogP contribution in [0.15, 0.2) is 12.1 Å². The van der Waals surface area contributed by atoms with Crippen molar-refractivity contribution in [2.45, 2.75) is 33.1 Å². The molecule has 15 heavy (non-hydrogen) atoms. The number of benzene rings is 1. The van der Waals surface area contributed by atoms with E-state index in [0.717, 1.165) is 35.1 Å². The molecule has 1 saturated carbocycles. The van der Waals surface area contributed by atoms with Crippen molar-refractivity contribution in [3.63, 3.8) is 0 Å². The molecule has 0 spiro atoms. The number of hydrogen-bond acceptors (Lipinski definition) is 2. The summed E-state index contributed by atoms with van der Waals surface area (Å²) >= 11 is 0. The summed E-state index contributed by atoms with van der Waals surface area (Å²) in [5, 5.41) is 0. The number of nitrogens with two attached hydrogens (primary N) is 1. The molecule has 1 aliphatic carbocycles. The molecule has 0 aromatic heterocycles. The average molecular weight is 205 g/mol. The Balaban J connectivity index is 1.96. The molecule has 2 rings (SSSR count). The van der Waals surface area contributed by atoms with Gasteiger partial charge < -0.3 is 10.5 Å². The van der Waals surface area contributed by atoms with Crippen LogP contribution in [0.5, 0.6) is 5.75 Å². The van der Waals surface area contributed by atoms with Gasteiger partial charge in [0.15, 0.2) is 0 Å². The summed E-state index contributed by atoms with van der Waals surface area (Å²) in [5.41, 5.74) is 8.90. The third-order valence-electron chi connectivity index (χ3n) is 3.04. The van der Waals surface area contributed by atoms with Crippen molar-refractivity contribution in [2.75, 3.05) is 12.3 Å². The Labute approximate surface area is 91.4 Å². The van der Waals surface area contributed by atoms with E-state index < -0.39 is 0 Å². The topological polar surface area (TPSA) is 35.2 Å². The van der Waals surface area contributed by atoms with Crippen molar-refractivity contribution in [2.24, 2.45) is 5.92 Å². The SMILES string of the molecule is Cc1cc(OCCC2CC2)c(C)cc1N. The van der Waals surface area contributed by atoms with Crippen LogP contribution in [0.4, 0.5) is 5.69 Å². The standard InChI is InChI=1S/C13H19NO/c1-9-8-13(10(2)7-12(9)14)15-6-5-11-3-4-11/h7-8,11H,3-6,14H2,1-2H3. The first-order chi connectivity index (χ1) is 7.16. The summed E-state index contributed by atoms with van der Waals surface area (Å²) in [6.07, 6.45) is 3.98. The zero-order valence-electron chi connectivity index (χ0n) is 9.55. The van der Waals surface area contributed by atoms with Crippen LogP contribution in [-0.4, -0.2) is 6.61 Å². The molecule has 1 fully saturated rings. The minimum Gasteiger partial charge on any atom is -0.493 e. The largest absolute Gasteiger partial charge is 0.493 e. The molecule has 1 aromatic rings. The molecular formula is C13H19NO. The molecule has 1 aliphatic rings. The lowest BCUT2D eigenvalue weighted by Gasteiger charge is -2.11. The van der Waals surface area contributed by atoms with Crippen molar-refractivity contribution in [3.8, 4) is 5.75 Å². The second kappa shape index (κ2) is 4.13. The van der Waals surface area contributed by atoms with E-state index in [1.165, 1.54) is 19.3 Å². The van der Waals surface area contributed by atoms with Gasteiger partial charge in [-0.15, -0.1) is 0 Å². The van der Waals surface area contributed by atoms with E-state index in [-0.39, 0.29) is 0 Å². The monoisotopic (exact) mass is 205 g/mol. The summed E-state index contributed by atoms with van der Waals surface area (Å²) < 4.78 is 5.77. The van der Waals surface area contributed by atoms with Gasteiger partial charge in [0.25, 0.3) is 0 Å². The highest BCUT2D eigenvalue weighted by atomic mass is 16.5. The van der Waals surface area contributed by atoms with E-state index in [0.29, 0.717) is 0 Å². The number of ether oxygens (including phenoxy) is 1. The molecule has 2 N–H and O–H groups in total. The predicted molar refractivity (Wildman–Crippen MR) is 63.2 cm³/mol. The first-order valence-electron chi connectivity index (χ1n) is 5.66. The zero-order valence-corrected chi connectivity index (χ0v) is 9.55. The average Bonchev–Trinajstić information content (AvgIpc) is 2.97. The lowest BCUT2D eigenvalue weighted by molar-refractivity contribution is 0.300. The Hall–Kier alpha value is -1.18. The molecule has 0 unspecified atom stereocenters. The normalized spacial score (nSPS) is 15.3. The van der Waals surface area contributed by atoms with E-state index in [9.17, 15) is 0 Å². The van der Waals surface area contributed by atoms with Crippen LogP contribution in [0, 0.1) is 19.8 Å². The van der Waals surface area contributed by atoms with Gasteiger partial charge in [-0.05, 0) is 49.4 Å². The first-order valence-corrected chi connectivity index (χ1v) is 5.66. The van der Waals surface area contributed by atoms with E-state index in [1.54, 1.807) is 0 Å². The smallest absolute Gasteiger partial charge is 0.122 e. The van der Waals surface area contributed by atoms with Gasteiger partial charge in [-0.3, -0.25) is 0 Å². The Morgan fingerprint density at radius 3 is 2.67 bits per heavy atom. The van der Waals surface area contributed by atoms with Gasteiger partial charge in [-0.25, -0.2) is 0 Å². The molecule has 0 heterocycles. The minimum atomic E-state index is 0.842. The second-order valence-electron chi connectivity index (χ2n) is 4.55. The molecular weight excluding hydrogens is 186 g/mol. The van der Waals surface area contributed by atoms with Gasteiger partial charge in [-0.2, -0.15) is 0 Å². The summed E-state index contributed by atoms with van der Waals surface area (Å²) in [6.45, 7) is 4.90. The highest BCUT2D eigenvalue weighted by molar-refractivity contribution is 5.53. The van der Waals surface area contributed by atoms with Crippen LogP contribution in [0.2, 0.25) is 0 Å². The minimum absolute atomic E-state index is 0.842. The maximum Gasteiger partial charge on any atom is 0.122 e. The Kier molecular flexibility index (Phi) is 2.85. The Bertz CT molecular complexity index is 356. The van der Waals surface area contributed by atoms with E-state index in [1.807, 2.05) is 26.0 Å². The number of anilines is 1. The van der Waals surface area contributed by atoms with Crippen LogP contribution < -0.4 is 10.5 Å². The van der Waals surface area contributed by atoms with Gasteiger partial charge in [0.2, 0.25) is 0 Å². The maximum atomic E-state index is 5.82. The fourth-order valence-corrected chi connectivity index (χ4v) is 1.71. The van der Waals surface area contributed by atoms with Crippen molar-refractivity contribution in [1.29, 1.82) is 0 Å². The number of nitrogen functional groups attached to an aromatic ring is 1. The fraction of sp³-hybridized carbons (Fsp3) is 0.538. The van der Waals surface area contributed by atoms with Gasteiger partial charge in [-0.1, -0.05) is 12.8 Å². The molecule has 0 bridgehead atoms. The summed E-state index contributed by atoms with van der Waals surface area (Å²) in [7, 11) is 0. The number of aryl methyl sites for hydroxylation is 2. The van der Waals surface area contributed by atoms with Gasteiger partial charge in [0.1, 0.15) is 5.75 Å². The van der Waals surface area contributed by atoms with Crippen LogP contribution in [0.25, 0.3) is 0 Å². The summed E-state index contributed by atoms with van der Waals surface area (Å²) in [5.74, 6) is 1.92. The second-order valence-corrected chi connectivity index (χ2v) is 4.55. The summed E-state index contributed by atoms with van der Waals surface area (Å²) in [4.78, 5) is 0. The van der Waals surface area contributed by atoms with Gasteiger partial charge >= 0.3 is 0 Å². The van der Waals surface area contributed by atoms with Crippen LogP contribution in [0.1, 0.15) is 30.4 Å². The molecule has 1 aromatic carbocycles. The van der Waals surface area contributed by atoms with Crippen LogP contribution >= 0.6 is 0 Å². The lowest BCUT2D eigenvalue weighted by Crippen LogP contribution is -2.01. The molecule has 0 saturated heterocycles. The third kappa shape index (κ3) is 2.65. The first kappa shape index (κ1) is 10.3. The highest BCUT2D eigenvalue weighted by Gasteiger charge is 2.20. The van der Waals surface area contributed by atoms with Crippen molar-refractivity contribution in [1.82, 2.24) is 0 Å². The molecule has 2 heteroatoms. The number of hydrogen-bond donors (Lipinski definition) is 1. The molecule has 2 nitrogen and oxygen atoms in total. The maximum absolute atomic E-state index is 5.82. The van der Waals surface area contributed by atoms with Crippen molar-refractivity contribution in [3.05, 3.63) is 23.3 Å². The Morgan fingerprint density at radius 2 is 2.00 bits per heavy atom. The van der Waals surface area contributed by atoms with Gasteiger partial charge in [0, 0.05) is 5.69 Å². The quantitative estimate of drug-likeness (QED) is 0.767. The fourth-order valence-electron chi connectivity index (χ4n) is 1.71. The molecule has 0 amide bonds. The molecule has 0 atom stereocenters. The Morgan fingerprint density at radius 1 is 1.27 bits per heavy atom. The zero-order chi connectivity index (χ0) is 10.8. The van der Waals surface area contributed by atoms with Crippen molar-refractivity contribution < 1.29 is 4.74 Å².